The lowest BCUT2D eigenvalue weighted by Gasteiger charge is -2.28. The SMILES string of the molecule is Cl.Cl.N#C[C@@H]1CCCN1C(=O)CNC1CCC(ON=Cc2ccccn2)CC1. The number of nitrogens with one attached hydrogen (secondary N) is 1. The summed E-state index contributed by atoms with van der Waals surface area (Å²) >= 11 is 0. The zero-order valence-corrected chi connectivity index (χ0v) is 17.3. The second-order valence-corrected chi connectivity index (χ2v) is 6.82. The van der Waals surface area contributed by atoms with Crippen LogP contribution in [-0.2, 0) is 9.63 Å². The molecule has 2 fully saturated rings. The van der Waals surface area contributed by atoms with Gasteiger partial charge in [0.05, 0.1) is 24.5 Å². The van der Waals surface area contributed by atoms with Gasteiger partial charge < -0.3 is 15.1 Å². The Hall–Kier alpha value is -1.88. The van der Waals surface area contributed by atoms with E-state index < -0.39 is 0 Å². The van der Waals surface area contributed by atoms with E-state index in [0.29, 0.717) is 19.1 Å². The molecule has 0 aromatic carbocycles. The van der Waals surface area contributed by atoms with Crippen LogP contribution in [0.5, 0.6) is 0 Å². The smallest absolute Gasteiger partial charge is 0.237 e. The predicted octanol–water partition coefficient (Wildman–Crippen LogP) is 2.69. The summed E-state index contributed by atoms with van der Waals surface area (Å²) in [6.07, 6.45) is 8.93. The normalized spacial score (nSPS) is 24.1. The van der Waals surface area contributed by atoms with Crippen LogP contribution in [0.3, 0.4) is 0 Å². The quantitative estimate of drug-likeness (QED) is 0.556. The molecular weight excluding hydrogens is 401 g/mol. The number of rotatable bonds is 6. The molecule has 2 aliphatic rings. The summed E-state index contributed by atoms with van der Waals surface area (Å²) in [7, 11) is 0. The van der Waals surface area contributed by atoms with E-state index >= 15 is 0 Å². The number of hydrogen-bond donors (Lipinski definition) is 1. The van der Waals surface area contributed by atoms with Crippen molar-refractivity contribution in [2.24, 2.45) is 5.16 Å². The molecule has 9 heteroatoms. The summed E-state index contributed by atoms with van der Waals surface area (Å²) < 4.78 is 0. The van der Waals surface area contributed by atoms with E-state index in [-0.39, 0.29) is 42.9 Å². The van der Waals surface area contributed by atoms with Gasteiger partial charge in [-0.25, -0.2) is 0 Å². The highest BCUT2D eigenvalue weighted by atomic mass is 35.5. The summed E-state index contributed by atoms with van der Waals surface area (Å²) in [4.78, 5) is 23.7. The number of hydrogen-bond acceptors (Lipinski definition) is 6. The Labute approximate surface area is 178 Å². The topological polar surface area (TPSA) is 90.6 Å². The standard InChI is InChI=1S/C19H25N5O2.2ClH/c20-12-17-5-3-11-24(17)19(25)14-22-15-6-8-18(9-7-15)26-23-13-16-4-1-2-10-21-16;;/h1-2,4,10,13,15,17-18,22H,3,5-9,11,14H2;2*1H/t15?,17-,18?;;/m0../s1. The van der Waals surface area contributed by atoms with Crippen molar-refractivity contribution in [3.05, 3.63) is 30.1 Å². The number of oxime groups is 1. The predicted molar refractivity (Wildman–Crippen MR) is 112 cm³/mol. The molecule has 1 atom stereocenters. The van der Waals surface area contributed by atoms with Crippen LogP contribution in [0.2, 0.25) is 0 Å². The summed E-state index contributed by atoms with van der Waals surface area (Å²) in [6.45, 7) is 1.01. The van der Waals surface area contributed by atoms with Gasteiger partial charge in [-0.1, -0.05) is 11.2 Å². The zero-order valence-electron chi connectivity index (χ0n) is 15.7. The molecule has 2 heterocycles. The average Bonchev–Trinajstić information content (AvgIpc) is 3.17. The molecule has 1 saturated heterocycles. The van der Waals surface area contributed by atoms with Crippen molar-refractivity contribution in [1.82, 2.24) is 15.2 Å². The minimum Gasteiger partial charge on any atom is -0.392 e. The molecule has 1 aliphatic carbocycles. The van der Waals surface area contributed by atoms with Gasteiger partial charge >= 0.3 is 0 Å². The van der Waals surface area contributed by atoms with Gasteiger partial charge in [0.25, 0.3) is 0 Å². The Bertz CT molecular complexity index is 660. The van der Waals surface area contributed by atoms with E-state index in [0.717, 1.165) is 44.2 Å². The number of carbonyl (C=O) groups is 1. The lowest BCUT2D eigenvalue weighted by atomic mass is 9.93. The van der Waals surface area contributed by atoms with E-state index in [1.165, 1.54) is 0 Å². The number of likely N-dealkylation sites (tertiary alicyclic amines) is 1. The van der Waals surface area contributed by atoms with E-state index in [4.69, 9.17) is 10.1 Å². The van der Waals surface area contributed by atoms with Crippen LogP contribution in [0, 0.1) is 11.3 Å². The number of pyridine rings is 1. The molecule has 0 spiro atoms. The Kier molecular flexibility index (Phi) is 10.8. The lowest BCUT2D eigenvalue weighted by Crippen LogP contribution is -2.44. The van der Waals surface area contributed by atoms with Gasteiger partial charge in [0.15, 0.2) is 0 Å². The van der Waals surface area contributed by atoms with Crippen LogP contribution < -0.4 is 5.32 Å². The van der Waals surface area contributed by atoms with Crippen molar-refractivity contribution in [1.29, 1.82) is 5.26 Å². The molecule has 7 nitrogen and oxygen atoms in total. The molecule has 3 rings (SSSR count). The van der Waals surface area contributed by atoms with Crippen LogP contribution >= 0.6 is 24.8 Å². The van der Waals surface area contributed by atoms with Crippen molar-refractivity contribution in [2.75, 3.05) is 13.1 Å². The third-order valence-electron chi connectivity index (χ3n) is 5.02. The molecule has 0 bridgehead atoms. The van der Waals surface area contributed by atoms with Gasteiger partial charge in [-0.05, 0) is 50.7 Å². The Morgan fingerprint density at radius 3 is 2.79 bits per heavy atom. The molecule has 1 aliphatic heterocycles. The number of halogens is 2. The first-order chi connectivity index (χ1) is 12.8. The fraction of sp³-hybridized carbons (Fsp3) is 0.579. The van der Waals surface area contributed by atoms with Crippen LogP contribution in [-0.4, -0.2) is 53.3 Å². The van der Waals surface area contributed by atoms with Crippen molar-refractivity contribution >= 4 is 36.9 Å². The van der Waals surface area contributed by atoms with Crippen LogP contribution in [0.15, 0.2) is 29.6 Å². The minimum atomic E-state index is -0.245. The Morgan fingerprint density at radius 1 is 1.32 bits per heavy atom. The number of nitriles is 1. The van der Waals surface area contributed by atoms with Crippen molar-refractivity contribution in [2.45, 2.75) is 56.7 Å². The lowest BCUT2D eigenvalue weighted by molar-refractivity contribution is -0.130. The Balaban J connectivity index is 0.00000196. The number of aromatic nitrogens is 1. The molecule has 1 aromatic rings. The fourth-order valence-electron chi connectivity index (χ4n) is 3.53. The van der Waals surface area contributed by atoms with E-state index in [2.05, 4.69) is 21.5 Å². The maximum absolute atomic E-state index is 12.3. The molecule has 154 valence electrons. The molecule has 28 heavy (non-hydrogen) atoms. The second kappa shape index (κ2) is 12.6. The number of nitrogens with zero attached hydrogens (tertiary/aromatic N) is 4. The summed E-state index contributed by atoms with van der Waals surface area (Å²) in [6, 6.07) is 7.94. The number of amides is 1. The highest BCUT2D eigenvalue weighted by molar-refractivity contribution is 5.85. The van der Waals surface area contributed by atoms with Gasteiger partial charge in [0.2, 0.25) is 5.91 Å². The van der Waals surface area contributed by atoms with Crippen LogP contribution in [0.4, 0.5) is 0 Å². The molecule has 0 unspecified atom stereocenters. The van der Waals surface area contributed by atoms with E-state index in [1.54, 1.807) is 17.3 Å². The maximum Gasteiger partial charge on any atom is 0.237 e. The van der Waals surface area contributed by atoms with Crippen molar-refractivity contribution in [3.8, 4) is 6.07 Å². The highest BCUT2D eigenvalue weighted by Crippen LogP contribution is 2.22. The van der Waals surface area contributed by atoms with Gasteiger partial charge in [-0.2, -0.15) is 5.26 Å². The molecule has 1 N–H and O–H groups in total. The van der Waals surface area contributed by atoms with E-state index in [1.807, 2.05) is 18.2 Å². The van der Waals surface area contributed by atoms with Gasteiger partial charge in [0, 0.05) is 18.8 Å². The summed E-state index contributed by atoms with van der Waals surface area (Å²) in [5.74, 6) is 0.0346. The van der Waals surface area contributed by atoms with E-state index in [9.17, 15) is 4.79 Å². The highest BCUT2D eigenvalue weighted by Gasteiger charge is 2.29. The third-order valence-corrected chi connectivity index (χ3v) is 5.02. The average molecular weight is 428 g/mol. The minimum absolute atomic E-state index is 0. The summed E-state index contributed by atoms with van der Waals surface area (Å²) in [5, 5.41) is 16.5. The largest absolute Gasteiger partial charge is 0.392 e. The van der Waals surface area contributed by atoms with Crippen LogP contribution in [0.1, 0.15) is 44.2 Å². The molecule has 1 saturated carbocycles. The molecular formula is C19H27Cl2N5O2. The second-order valence-electron chi connectivity index (χ2n) is 6.82. The van der Waals surface area contributed by atoms with Crippen molar-refractivity contribution < 1.29 is 9.63 Å². The first-order valence-electron chi connectivity index (χ1n) is 9.29. The van der Waals surface area contributed by atoms with Gasteiger partial charge in [-0.3, -0.25) is 9.78 Å². The first-order valence-corrected chi connectivity index (χ1v) is 9.29. The number of carbonyl (C=O) groups excluding carboxylic acids is 1. The molecule has 1 aromatic heterocycles. The summed E-state index contributed by atoms with van der Waals surface area (Å²) in [5.41, 5.74) is 0.777. The Morgan fingerprint density at radius 2 is 2.11 bits per heavy atom. The fourth-order valence-corrected chi connectivity index (χ4v) is 3.53. The maximum atomic E-state index is 12.3. The van der Waals surface area contributed by atoms with Crippen LogP contribution in [0.25, 0.3) is 0 Å². The zero-order chi connectivity index (χ0) is 18.2. The van der Waals surface area contributed by atoms with Gasteiger partial charge in [-0.15, -0.1) is 24.8 Å². The first kappa shape index (κ1) is 24.2. The monoisotopic (exact) mass is 427 g/mol. The molecule has 1 amide bonds. The third kappa shape index (κ3) is 6.93. The molecule has 0 radical (unpaired) electrons. The van der Waals surface area contributed by atoms with Gasteiger partial charge in [0.1, 0.15) is 12.1 Å². The van der Waals surface area contributed by atoms with Crippen molar-refractivity contribution in [3.63, 3.8) is 0 Å².